The first kappa shape index (κ1) is 11.4. The maximum Gasteiger partial charge on any atom is 0.143 e. The van der Waals surface area contributed by atoms with Crippen molar-refractivity contribution in [2.24, 2.45) is 5.41 Å². The molecule has 0 bridgehead atoms. The third-order valence-electron chi connectivity index (χ3n) is 3.47. The summed E-state index contributed by atoms with van der Waals surface area (Å²) in [6.07, 6.45) is 3.29. The van der Waals surface area contributed by atoms with Gasteiger partial charge in [0.2, 0.25) is 0 Å². The Bertz CT molecular complexity index is 211. The molecule has 2 atom stereocenters. The minimum Gasteiger partial charge on any atom is -0.377 e. The minimum atomic E-state index is -0.186. The highest BCUT2D eigenvalue weighted by atomic mass is 16.6. The molecule has 0 saturated carbocycles. The van der Waals surface area contributed by atoms with Gasteiger partial charge < -0.3 is 9.47 Å². The molecule has 2 aliphatic heterocycles. The van der Waals surface area contributed by atoms with Gasteiger partial charge in [-0.05, 0) is 24.7 Å². The van der Waals surface area contributed by atoms with Crippen molar-refractivity contribution in [1.82, 2.24) is 5.32 Å². The third kappa shape index (κ3) is 2.52. The number of ether oxygens (including phenoxy) is 2. The lowest BCUT2D eigenvalue weighted by molar-refractivity contribution is -0.181. The molecular weight excluding hydrogens is 190 g/mol. The second kappa shape index (κ2) is 4.04. The lowest BCUT2D eigenvalue weighted by atomic mass is 9.82. The summed E-state index contributed by atoms with van der Waals surface area (Å²) >= 11 is 0. The Morgan fingerprint density at radius 3 is 2.67 bits per heavy atom. The second-order valence-electron chi connectivity index (χ2n) is 5.85. The predicted octanol–water partition coefficient (Wildman–Crippen LogP) is 1.92. The molecule has 0 radical (unpaired) electrons. The first-order chi connectivity index (χ1) is 7.02. The van der Waals surface area contributed by atoms with E-state index in [9.17, 15) is 0 Å². The van der Waals surface area contributed by atoms with E-state index in [-0.39, 0.29) is 5.72 Å². The molecule has 15 heavy (non-hydrogen) atoms. The first-order valence-electron chi connectivity index (χ1n) is 6.01. The highest BCUT2D eigenvalue weighted by Crippen LogP contribution is 2.31. The molecule has 1 spiro atoms. The van der Waals surface area contributed by atoms with Gasteiger partial charge in [0.25, 0.3) is 0 Å². The molecule has 0 amide bonds. The van der Waals surface area contributed by atoms with E-state index in [1.165, 1.54) is 0 Å². The van der Waals surface area contributed by atoms with Crippen LogP contribution in [0.5, 0.6) is 0 Å². The molecule has 0 aromatic rings. The first-order valence-corrected chi connectivity index (χ1v) is 6.01. The van der Waals surface area contributed by atoms with Crippen LogP contribution in [0.4, 0.5) is 0 Å². The Labute approximate surface area is 92.5 Å². The summed E-state index contributed by atoms with van der Waals surface area (Å²) in [5.41, 5.74) is 0.114. The van der Waals surface area contributed by atoms with Gasteiger partial charge in [0.15, 0.2) is 0 Å². The Balaban J connectivity index is 2.02. The average molecular weight is 213 g/mol. The molecule has 3 heteroatoms. The zero-order valence-corrected chi connectivity index (χ0v) is 10.1. The van der Waals surface area contributed by atoms with Crippen molar-refractivity contribution in [3.8, 4) is 0 Å². The van der Waals surface area contributed by atoms with Gasteiger partial charge in [0.1, 0.15) is 5.72 Å². The highest BCUT2D eigenvalue weighted by molar-refractivity contribution is 4.92. The summed E-state index contributed by atoms with van der Waals surface area (Å²) in [5.74, 6) is 0. The molecule has 2 fully saturated rings. The fraction of sp³-hybridized carbons (Fsp3) is 1.00. The standard InChI is InChI=1S/C12H23NO2/c1-11(2,3)10-5-8-15-12(13-10)6-4-7-14-9-12/h10,13H,4-9H2,1-3H3. The van der Waals surface area contributed by atoms with Crippen LogP contribution in [0.1, 0.15) is 40.0 Å². The quantitative estimate of drug-likeness (QED) is 0.667. The van der Waals surface area contributed by atoms with Crippen molar-refractivity contribution in [3.63, 3.8) is 0 Å². The van der Waals surface area contributed by atoms with Gasteiger partial charge in [-0.1, -0.05) is 20.8 Å². The van der Waals surface area contributed by atoms with E-state index in [1.54, 1.807) is 0 Å². The molecule has 3 nitrogen and oxygen atoms in total. The maximum atomic E-state index is 5.90. The van der Waals surface area contributed by atoms with Gasteiger partial charge in [0.05, 0.1) is 13.2 Å². The van der Waals surface area contributed by atoms with E-state index >= 15 is 0 Å². The third-order valence-corrected chi connectivity index (χ3v) is 3.47. The summed E-state index contributed by atoms with van der Waals surface area (Å²) in [7, 11) is 0. The van der Waals surface area contributed by atoms with E-state index in [1.807, 2.05) is 0 Å². The van der Waals surface area contributed by atoms with E-state index < -0.39 is 0 Å². The van der Waals surface area contributed by atoms with Crippen LogP contribution in [0.2, 0.25) is 0 Å². The van der Waals surface area contributed by atoms with Crippen molar-refractivity contribution in [2.75, 3.05) is 19.8 Å². The number of nitrogens with one attached hydrogen (secondary N) is 1. The van der Waals surface area contributed by atoms with Crippen LogP contribution in [0.3, 0.4) is 0 Å². The van der Waals surface area contributed by atoms with Crippen LogP contribution >= 0.6 is 0 Å². The summed E-state index contributed by atoms with van der Waals surface area (Å²) in [6, 6.07) is 0.535. The Morgan fingerprint density at radius 2 is 2.07 bits per heavy atom. The predicted molar refractivity (Wildman–Crippen MR) is 59.7 cm³/mol. The smallest absolute Gasteiger partial charge is 0.143 e. The van der Waals surface area contributed by atoms with Crippen LogP contribution in [0, 0.1) is 5.41 Å². The Kier molecular flexibility index (Phi) is 3.06. The largest absolute Gasteiger partial charge is 0.377 e. The van der Waals surface area contributed by atoms with Crippen LogP contribution in [-0.4, -0.2) is 31.6 Å². The maximum absolute atomic E-state index is 5.90. The molecule has 0 aromatic heterocycles. The molecule has 2 unspecified atom stereocenters. The highest BCUT2D eigenvalue weighted by Gasteiger charge is 2.41. The fourth-order valence-corrected chi connectivity index (χ4v) is 2.45. The van der Waals surface area contributed by atoms with Gasteiger partial charge in [-0.25, -0.2) is 0 Å². The van der Waals surface area contributed by atoms with Crippen LogP contribution in [0.25, 0.3) is 0 Å². The molecule has 2 aliphatic rings. The second-order valence-corrected chi connectivity index (χ2v) is 5.85. The van der Waals surface area contributed by atoms with Crippen LogP contribution in [0.15, 0.2) is 0 Å². The van der Waals surface area contributed by atoms with E-state index in [0.29, 0.717) is 18.1 Å². The van der Waals surface area contributed by atoms with Gasteiger partial charge >= 0.3 is 0 Å². The minimum absolute atomic E-state index is 0.186. The normalized spacial score (nSPS) is 38.2. The molecule has 0 aliphatic carbocycles. The molecule has 2 saturated heterocycles. The van der Waals surface area contributed by atoms with Crippen LogP contribution < -0.4 is 5.32 Å². The Morgan fingerprint density at radius 1 is 1.27 bits per heavy atom. The molecule has 2 rings (SSSR count). The summed E-state index contributed by atoms with van der Waals surface area (Å²) in [6.45, 7) is 9.30. The van der Waals surface area contributed by atoms with Gasteiger partial charge in [-0.2, -0.15) is 0 Å². The average Bonchev–Trinajstić information content (AvgIpc) is 2.18. The molecule has 0 aromatic carbocycles. The van der Waals surface area contributed by atoms with E-state index in [4.69, 9.17) is 9.47 Å². The van der Waals surface area contributed by atoms with E-state index in [0.717, 1.165) is 32.5 Å². The van der Waals surface area contributed by atoms with Gasteiger partial charge in [-0.15, -0.1) is 0 Å². The SMILES string of the molecule is CC(C)(C)C1CCOC2(CCCOC2)N1. The topological polar surface area (TPSA) is 30.5 Å². The van der Waals surface area contributed by atoms with Crippen molar-refractivity contribution in [3.05, 3.63) is 0 Å². The number of hydrogen-bond acceptors (Lipinski definition) is 3. The van der Waals surface area contributed by atoms with Crippen molar-refractivity contribution in [1.29, 1.82) is 0 Å². The summed E-state index contributed by atoms with van der Waals surface area (Å²) in [5, 5.41) is 3.66. The zero-order valence-electron chi connectivity index (χ0n) is 10.1. The van der Waals surface area contributed by atoms with Crippen molar-refractivity contribution >= 4 is 0 Å². The summed E-state index contributed by atoms with van der Waals surface area (Å²) < 4.78 is 11.4. The van der Waals surface area contributed by atoms with Crippen molar-refractivity contribution < 1.29 is 9.47 Å². The molecule has 2 heterocycles. The van der Waals surface area contributed by atoms with Gasteiger partial charge in [0, 0.05) is 12.6 Å². The number of hydrogen-bond donors (Lipinski definition) is 1. The van der Waals surface area contributed by atoms with Gasteiger partial charge in [-0.3, -0.25) is 5.32 Å². The number of rotatable bonds is 0. The van der Waals surface area contributed by atoms with Crippen molar-refractivity contribution in [2.45, 2.75) is 51.8 Å². The van der Waals surface area contributed by atoms with E-state index in [2.05, 4.69) is 26.1 Å². The molecule has 88 valence electrons. The van der Waals surface area contributed by atoms with Crippen LogP contribution in [-0.2, 0) is 9.47 Å². The zero-order chi connectivity index (χ0) is 10.9. The Hall–Kier alpha value is -0.120. The fourth-order valence-electron chi connectivity index (χ4n) is 2.45. The molecule has 1 N–H and O–H groups in total. The lowest BCUT2D eigenvalue weighted by Gasteiger charge is -2.47. The monoisotopic (exact) mass is 213 g/mol. The summed E-state index contributed by atoms with van der Waals surface area (Å²) in [4.78, 5) is 0. The molecular formula is C12H23NO2. The lowest BCUT2D eigenvalue weighted by Crippen LogP contribution is -2.63.